The number of carbonyl (C=O) groups excluding carboxylic acids is 2. The van der Waals surface area contributed by atoms with E-state index in [1.54, 1.807) is 55.5 Å². The number of halogens is 1. The molecule has 1 N–H and O–H groups in total. The van der Waals surface area contributed by atoms with Crippen LogP contribution in [0.5, 0.6) is 0 Å². The van der Waals surface area contributed by atoms with Gasteiger partial charge in [0.25, 0.3) is 10.0 Å². The first-order valence-electron chi connectivity index (χ1n) is 13.4. The third-order valence-corrected chi connectivity index (χ3v) is 8.83. The molecule has 2 amide bonds. The molecule has 0 aliphatic rings. The zero-order chi connectivity index (χ0) is 29.4. The maximum atomic E-state index is 14.0. The Hall–Kier alpha value is -3.36. The molecular formula is C31H38ClN3O4S. The minimum Gasteiger partial charge on any atom is -0.354 e. The van der Waals surface area contributed by atoms with Crippen molar-refractivity contribution in [2.45, 2.75) is 64.9 Å². The summed E-state index contributed by atoms with van der Waals surface area (Å²) >= 11 is 6.42. The molecule has 0 spiro atoms. The summed E-state index contributed by atoms with van der Waals surface area (Å²) in [4.78, 5) is 28.6. The summed E-state index contributed by atoms with van der Waals surface area (Å²) < 4.78 is 29.1. The number of hydrogen-bond donors (Lipinski definition) is 1. The summed E-state index contributed by atoms with van der Waals surface area (Å²) in [6.07, 6.45) is 1.73. The molecule has 214 valence electrons. The van der Waals surface area contributed by atoms with E-state index in [1.165, 1.54) is 17.0 Å². The average Bonchev–Trinajstić information content (AvgIpc) is 2.90. The summed E-state index contributed by atoms with van der Waals surface area (Å²) in [5.74, 6) is -0.832. The van der Waals surface area contributed by atoms with E-state index >= 15 is 0 Å². The third-order valence-electron chi connectivity index (χ3n) is 6.68. The summed E-state index contributed by atoms with van der Waals surface area (Å²) in [7, 11) is -4.12. The van der Waals surface area contributed by atoms with Crippen molar-refractivity contribution < 1.29 is 18.0 Å². The number of nitrogens with one attached hydrogen (secondary N) is 1. The van der Waals surface area contributed by atoms with E-state index in [0.717, 1.165) is 33.8 Å². The number of sulfonamides is 1. The van der Waals surface area contributed by atoms with E-state index in [0.29, 0.717) is 22.8 Å². The summed E-state index contributed by atoms with van der Waals surface area (Å²) in [6.45, 7) is 9.35. The van der Waals surface area contributed by atoms with Gasteiger partial charge in [0, 0.05) is 18.1 Å². The second kappa shape index (κ2) is 13.8. The van der Waals surface area contributed by atoms with Crippen molar-refractivity contribution in [3.8, 4) is 0 Å². The molecule has 0 fully saturated rings. The fourth-order valence-electron chi connectivity index (χ4n) is 4.39. The first kappa shape index (κ1) is 31.2. The van der Waals surface area contributed by atoms with Gasteiger partial charge in [0.05, 0.1) is 10.6 Å². The molecule has 0 unspecified atom stereocenters. The van der Waals surface area contributed by atoms with Gasteiger partial charge in [-0.1, -0.05) is 66.9 Å². The van der Waals surface area contributed by atoms with Crippen molar-refractivity contribution in [1.29, 1.82) is 0 Å². The topological polar surface area (TPSA) is 86.8 Å². The predicted octanol–water partition coefficient (Wildman–Crippen LogP) is 5.79. The van der Waals surface area contributed by atoms with E-state index in [1.807, 2.05) is 33.8 Å². The fraction of sp³-hybridized carbons (Fsp3) is 0.355. The Morgan fingerprint density at radius 2 is 1.55 bits per heavy atom. The molecule has 0 saturated heterocycles. The Bertz CT molecular complexity index is 1420. The number of rotatable bonds is 12. The third kappa shape index (κ3) is 7.86. The van der Waals surface area contributed by atoms with Gasteiger partial charge in [-0.25, -0.2) is 8.42 Å². The lowest BCUT2D eigenvalue weighted by Gasteiger charge is -2.32. The highest BCUT2D eigenvalue weighted by Crippen LogP contribution is 2.27. The first-order chi connectivity index (χ1) is 18.9. The molecule has 1 atom stereocenters. The summed E-state index contributed by atoms with van der Waals surface area (Å²) in [5.41, 5.74) is 3.68. The molecule has 0 aromatic heterocycles. The smallest absolute Gasteiger partial charge is 0.264 e. The van der Waals surface area contributed by atoms with Crippen LogP contribution in [-0.2, 0) is 26.2 Å². The van der Waals surface area contributed by atoms with Crippen LogP contribution in [0.3, 0.4) is 0 Å². The molecule has 0 heterocycles. The van der Waals surface area contributed by atoms with Crippen LogP contribution in [0.4, 0.5) is 5.69 Å². The van der Waals surface area contributed by atoms with Crippen LogP contribution >= 0.6 is 11.6 Å². The lowest BCUT2D eigenvalue weighted by Crippen LogP contribution is -2.51. The van der Waals surface area contributed by atoms with Gasteiger partial charge in [-0.05, 0) is 81.1 Å². The molecule has 7 nitrogen and oxygen atoms in total. The molecule has 0 radical (unpaired) electrons. The van der Waals surface area contributed by atoms with Gasteiger partial charge in [-0.3, -0.25) is 13.9 Å². The van der Waals surface area contributed by atoms with Crippen molar-refractivity contribution in [3.63, 3.8) is 0 Å². The minimum atomic E-state index is -4.12. The zero-order valence-electron chi connectivity index (χ0n) is 23.8. The van der Waals surface area contributed by atoms with E-state index in [2.05, 4.69) is 5.32 Å². The van der Waals surface area contributed by atoms with E-state index < -0.39 is 28.5 Å². The Morgan fingerprint density at radius 1 is 0.925 bits per heavy atom. The van der Waals surface area contributed by atoms with Crippen LogP contribution in [0.15, 0.2) is 71.6 Å². The quantitative estimate of drug-likeness (QED) is 0.273. The Balaban J connectivity index is 2.04. The van der Waals surface area contributed by atoms with Gasteiger partial charge in [-0.15, -0.1) is 0 Å². The standard InChI is InChI=1S/C31H38ClN3O4S/c1-6-7-16-33-31(37)25(5)34(20-26-10-8-9-11-29(26)32)30(36)21-35(27-18-23(3)17-24(4)19-27)40(38,39)28-14-12-22(2)13-15-28/h8-15,17-19,25H,6-7,16,20-21H2,1-5H3,(H,33,37)/t25-/m0/s1. The number of nitrogens with zero attached hydrogens (tertiary/aromatic N) is 2. The lowest BCUT2D eigenvalue weighted by molar-refractivity contribution is -0.139. The minimum absolute atomic E-state index is 0.0478. The molecule has 0 aliphatic heterocycles. The van der Waals surface area contributed by atoms with Crippen molar-refractivity contribution >= 4 is 39.1 Å². The van der Waals surface area contributed by atoms with Crippen molar-refractivity contribution in [2.75, 3.05) is 17.4 Å². The second-order valence-corrected chi connectivity index (χ2v) is 12.4. The molecular weight excluding hydrogens is 546 g/mol. The second-order valence-electron chi connectivity index (χ2n) is 10.1. The molecule has 3 aromatic carbocycles. The van der Waals surface area contributed by atoms with Crippen molar-refractivity contribution in [1.82, 2.24) is 10.2 Å². The normalized spacial score (nSPS) is 12.1. The maximum Gasteiger partial charge on any atom is 0.264 e. The highest BCUT2D eigenvalue weighted by Gasteiger charge is 2.33. The van der Waals surface area contributed by atoms with Gasteiger partial charge in [0.1, 0.15) is 12.6 Å². The van der Waals surface area contributed by atoms with Crippen LogP contribution in [-0.4, -0.2) is 44.3 Å². The number of hydrogen-bond acceptors (Lipinski definition) is 4. The molecule has 9 heteroatoms. The van der Waals surface area contributed by atoms with Crippen LogP contribution in [0.1, 0.15) is 48.9 Å². The van der Waals surface area contributed by atoms with Gasteiger partial charge in [-0.2, -0.15) is 0 Å². The van der Waals surface area contributed by atoms with Crippen LogP contribution < -0.4 is 9.62 Å². The monoisotopic (exact) mass is 583 g/mol. The van der Waals surface area contributed by atoms with E-state index in [4.69, 9.17) is 11.6 Å². The highest BCUT2D eigenvalue weighted by atomic mass is 35.5. The Kier molecular flexibility index (Phi) is 10.8. The number of amides is 2. The van der Waals surface area contributed by atoms with Crippen LogP contribution in [0, 0.1) is 20.8 Å². The van der Waals surface area contributed by atoms with Gasteiger partial charge >= 0.3 is 0 Å². The molecule has 0 saturated carbocycles. The molecule has 40 heavy (non-hydrogen) atoms. The first-order valence-corrected chi connectivity index (χ1v) is 15.2. The number of unbranched alkanes of at least 4 members (excludes halogenated alkanes) is 1. The van der Waals surface area contributed by atoms with Crippen LogP contribution in [0.25, 0.3) is 0 Å². The lowest BCUT2D eigenvalue weighted by atomic mass is 10.1. The molecule has 3 rings (SSSR count). The average molecular weight is 584 g/mol. The Labute approximate surface area is 243 Å². The summed E-state index contributed by atoms with van der Waals surface area (Å²) in [6, 6.07) is 18.2. The highest BCUT2D eigenvalue weighted by molar-refractivity contribution is 7.92. The molecule has 0 bridgehead atoms. The maximum absolute atomic E-state index is 14.0. The summed E-state index contributed by atoms with van der Waals surface area (Å²) in [5, 5.41) is 3.34. The van der Waals surface area contributed by atoms with Crippen LogP contribution in [0.2, 0.25) is 5.02 Å². The molecule has 0 aliphatic carbocycles. The number of benzene rings is 3. The largest absolute Gasteiger partial charge is 0.354 e. The van der Waals surface area contributed by atoms with E-state index in [-0.39, 0.29) is 17.3 Å². The SMILES string of the molecule is CCCCNC(=O)[C@H](C)N(Cc1ccccc1Cl)C(=O)CN(c1cc(C)cc(C)c1)S(=O)(=O)c1ccc(C)cc1. The predicted molar refractivity (Wildman–Crippen MR) is 161 cm³/mol. The van der Waals surface area contributed by atoms with Crippen molar-refractivity contribution in [3.05, 3.63) is 94.0 Å². The number of anilines is 1. The van der Waals surface area contributed by atoms with E-state index in [9.17, 15) is 18.0 Å². The van der Waals surface area contributed by atoms with Gasteiger partial charge in [0.15, 0.2) is 0 Å². The van der Waals surface area contributed by atoms with Crippen molar-refractivity contribution in [2.24, 2.45) is 0 Å². The fourth-order valence-corrected chi connectivity index (χ4v) is 5.98. The number of carbonyl (C=O) groups is 2. The zero-order valence-corrected chi connectivity index (χ0v) is 25.3. The number of aryl methyl sites for hydroxylation is 3. The Morgan fingerprint density at radius 3 is 2.15 bits per heavy atom. The van der Waals surface area contributed by atoms with Gasteiger partial charge < -0.3 is 10.2 Å². The molecule has 3 aromatic rings. The van der Waals surface area contributed by atoms with Gasteiger partial charge in [0.2, 0.25) is 11.8 Å².